The minimum atomic E-state index is 0.616. The quantitative estimate of drug-likeness (QED) is 0.151. The minimum absolute atomic E-state index is 0.616. The van der Waals surface area contributed by atoms with Crippen LogP contribution in [-0.4, -0.2) is 19.5 Å². The van der Waals surface area contributed by atoms with Gasteiger partial charge in [-0.3, -0.25) is 0 Å². The van der Waals surface area contributed by atoms with Gasteiger partial charge in [0.2, 0.25) is 0 Å². The van der Waals surface area contributed by atoms with Gasteiger partial charge in [0.05, 0.1) is 11.0 Å². The summed E-state index contributed by atoms with van der Waals surface area (Å²) in [6.45, 7) is 0. The van der Waals surface area contributed by atoms with Gasteiger partial charge in [0, 0.05) is 33.2 Å². The summed E-state index contributed by atoms with van der Waals surface area (Å²) in [6, 6.07) is 81.7. The normalized spacial score (nSPS) is 11.5. The first-order valence-corrected chi connectivity index (χ1v) is 21.3. The smallest absolute Gasteiger partial charge is 0.164 e. The van der Waals surface area contributed by atoms with Crippen molar-refractivity contribution in [1.29, 1.82) is 0 Å². The summed E-state index contributed by atoms with van der Waals surface area (Å²) in [7, 11) is 0. The molecule has 0 atom stereocenters. The maximum Gasteiger partial charge on any atom is 0.164 e. The molecule has 4 nitrogen and oxygen atoms in total. The van der Waals surface area contributed by atoms with Crippen molar-refractivity contribution in [2.75, 3.05) is 0 Å². The molecule has 0 saturated carbocycles. The van der Waals surface area contributed by atoms with Crippen molar-refractivity contribution in [3.8, 4) is 73.2 Å². The van der Waals surface area contributed by atoms with Gasteiger partial charge >= 0.3 is 0 Å². The van der Waals surface area contributed by atoms with Gasteiger partial charge in [-0.1, -0.05) is 194 Å². The molecule has 2 aromatic heterocycles. The largest absolute Gasteiger partial charge is 0.309 e. The molecule has 0 unspecified atom stereocenters. The highest BCUT2D eigenvalue weighted by molar-refractivity contribution is 6.15. The van der Waals surface area contributed by atoms with E-state index in [9.17, 15) is 0 Å². The molecule has 12 rings (SSSR count). The van der Waals surface area contributed by atoms with Crippen molar-refractivity contribution in [2.24, 2.45) is 0 Å². The Bertz CT molecular complexity index is 3630. The number of aromatic nitrogens is 4. The molecule has 12 aromatic rings. The van der Waals surface area contributed by atoms with Crippen LogP contribution in [0, 0.1) is 0 Å². The summed E-state index contributed by atoms with van der Waals surface area (Å²) in [4.78, 5) is 15.8. The molecule has 2 heterocycles. The van der Waals surface area contributed by atoms with E-state index in [0.717, 1.165) is 49.9 Å². The third kappa shape index (κ3) is 6.53. The Hall–Kier alpha value is -8.47. The number of benzene rings is 10. The molecular weight excluding hydrogens is 765 g/mol. The maximum atomic E-state index is 5.30. The van der Waals surface area contributed by atoms with E-state index in [0.29, 0.717) is 17.5 Å². The zero-order chi connectivity index (χ0) is 41.7. The Morgan fingerprint density at radius 1 is 0.254 bits per heavy atom. The molecule has 0 aliphatic heterocycles. The fourth-order valence-electron chi connectivity index (χ4n) is 9.12. The van der Waals surface area contributed by atoms with E-state index >= 15 is 0 Å². The van der Waals surface area contributed by atoms with E-state index in [1.165, 1.54) is 49.2 Å². The van der Waals surface area contributed by atoms with E-state index in [2.05, 4.69) is 229 Å². The molecule has 294 valence electrons. The molecule has 0 saturated heterocycles. The van der Waals surface area contributed by atoms with Gasteiger partial charge in [-0.05, 0) is 91.3 Å². The maximum absolute atomic E-state index is 5.30. The molecule has 0 amide bonds. The van der Waals surface area contributed by atoms with Gasteiger partial charge in [-0.2, -0.15) is 0 Å². The third-order valence-corrected chi connectivity index (χ3v) is 12.3. The summed E-state index contributed by atoms with van der Waals surface area (Å²) in [5.41, 5.74) is 13.2. The first-order valence-electron chi connectivity index (χ1n) is 21.3. The lowest BCUT2D eigenvalue weighted by Gasteiger charge is -2.14. The molecular formula is C59H38N4. The van der Waals surface area contributed by atoms with Crippen LogP contribution in [0.15, 0.2) is 231 Å². The van der Waals surface area contributed by atoms with Crippen LogP contribution < -0.4 is 0 Å². The number of para-hydroxylation sites is 2. The van der Waals surface area contributed by atoms with Crippen LogP contribution in [0.25, 0.3) is 117 Å². The third-order valence-electron chi connectivity index (χ3n) is 12.3. The number of fused-ring (bicyclic) bond motifs is 6. The van der Waals surface area contributed by atoms with Crippen LogP contribution in [0.4, 0.5) is 0 Å². The fraction of sp³-hybridized carbons (Fsp3) is 0. The van der Waals surface area contributed by atoms with Crippen molar-refractivity contribution >= 4 is 43.4 Å². The summed E-state index contributed by atoms with van der Waals surface area (Å²) in [5, 5.41) is 7.10. The Morgan fingerprint density at radius 3 is 1.35 bits per heavy atom. The fourth-order valence-corrected chi connectivity index (χ4v) is 9.12. The summed E-state index contributed by atoms with van der Waals surface area (Å²) < 4.78 is 2.33. The van der Waals surface area contributed by atoms with Crippen molar-refractivity contribution in [2.45, 2.75) is 0 Å². The standard InChI is InChI=1S/C59H38N4/c1-4-14-39(15-5-1)40-24-26-41(27-25-40)42-28-30-44(31-29-42)57-60-58(46-32-34-50-53(43-16-6-2-7-17-43)36-45-18-10-11-21-49(45)54(50)37-46)62-59(61-57)47-33-35-52-51-22-12-13-23-55(51)63(56(52)38-47)48-19-8-3-9-20-48/h1-38H. The Morgan fingerprint density at radius 2 is 0.698 bits per heavy atom. The van der Waals surface area contributed by atoms with Crippen LogP contribution in [0.2, 0.25) is 0 Å². The summed E-state index contributed by atoms with van der Waals surface area (Å²) in [6.07, 6.45) is 0. The zero-order valence-electron chi connectivity index (χ0n) is 34.2. The van der Waals surface area contributed by atoms with Gasteiger partial charge < -0.3 is 4.57 Å². The predicted molar refractivity (Wildman–Crippen MR) is 262 cm³/mol. The van der Waals surface area contributed by atoms with Crippen molar-refractivity contribution in [1.82, 2.24) is 19.5 Å². The highest BCUT2D eigenvalue weighted by Crippen LogP contribution is 2.39. The molecule has 0 aliphatic rings. The summed E-state index contributed by atoms with van der Waals surface area (Å²) in [5.74, 6) is 1.85. The van der Waals surface area contributed by atoms with Gasteiger partial charge in [-0.15, -0.1) is 0 Å². The van der Waals surface area contributed by atoms with Crippen LogP contribution in [0.1, 0.15) is 0 Å². The van der Waals surface area contributed by atoms with E-state index < -0.39 is 0 Å². The first kappa shape index (κ1) is 36.4. The average molecular weight is 803 g/mol. The van der Waals surface area contributed by atoms with Gasteiger partial charge in [0.1, 0.15) is 0 Å². The van der Waals surface area contributed by atoms with Crippen LogP contribution in [-0.2, 0) is 0 Å². The molecule has 0 radical (unpaired) electrons. The van der Waals surface area contributed by atoms with Gasteiger partial charge in [-0.25, -0.2) is 15.0 Å². The van der Waals surface area contributed by atoms with Crippen molar-refractivity contribution in [3.63, 3.8) is 0 Å². The second-order valence-corrected chi connectivity index (χ2v) is 16.0. The lowest BCUT2D eigenvalue weighted by molar-refractivity contribution is 1.07. The lowest BCUT2D eigenvalue weighted by Crippen LogP contribution is -2.01. The minimum Gasteiger partial charge on any atom is -0.309 e. The van der Waals surface area contributed by atoms with Crippen molar-refractivity contribution < 1.29 is 0 Å². The lowest BCUT2D eigenvalue weighted by atomic mass is 9.92. The summed E-state index contributed by atoms with van der Waals surface area (Å²) >= 11 is 0. The van der Waals surface area contributed by atoms with Crippen LogP contribution in [0.5, 0.6) is 0 Å². The Labute approximate surface area is 365 Å². The second-order valence-electron chi connectivity index (χ2n) is 16.0. The van der Waals surface area contributed by atoms with Gasteiger partial charge in [0.25, 0.3) is 0 Å². The Kier molecular flexibility index (Phi) is 8.79. The molecule has 63 heavy (non-hydrogen) atoms. The SMILES string of the molecule is c1ccc(-c2ccc(-c3ccc(-c4nc(-c5ccc6c(-c7ccccc7)cc7ccccc7c6c5)nc(-c5ccc6c7ccccc7n(-c7ccccc7)c6c5)n4)cc3)cc2)cc1. The van der Waals surface area contributed by atoms with Gasteiger partial charge in [0.15, 0.2) is 17.5 Å². The molecule has 0 spiro atoms. The van der Waals surface area contributed by atoms with Crippen LogP contribution >= 0.6 is 0 Å². The molecule has 0 N–H and O–H groups in total. The number of rotatable bonds is 7. The molecule has 0 fully saturated rings. The zero-order valence-corrected chi connectivity index (χ0v) is 34.2. The predicted octanol–water partition coefficient (Wildman–Crippen LogP) is 15.3. The number of hydrogen-bond acceptors (Lipinski definition) is 3. The second kappa shape index (κ2) is 15.2. The van der Waals surface area contributed by atoms with Crippen molar-refractivity contribution in [3.05, 3.63) is 231 Å². The molecule has 4 heteroatoms. The highest BCUT2D eigenvalue weighted by atomic mass is 15.0. The van der Waals surface area contributed by atoms with E-state index in [1.54, 1.807) is 0 Å². The molecule has 10 aromatic carbocycles. The first-order chi connectivity index (χ1) is 31.2. The number of hydrogen-bond donors (Lipinski definition) is 0. The van der Waals surface area contributed by atoms with E-state index in [-0.39, 0.29) is 0 Å². The molecule has 0 bridgehead atoms. The number of nitrogens with zero attached hydrogens (tertiary/aromatic N) is 4. The Balaban J connectivity index is 1.02. The topological polar surface area (TPSA) is 43.6 Å². The average Bonchev–Trinajstić information content (AvgIpc) is 3.70. The van der Waals surface area contributed by atoms with Crippen LogP contribution in [0.3, 0.4) is 0 Å². The monoisotopic (exact) mass is 802 g/mol. The van der Waals surface area contributed by atoms with E-state index in [1.807, 2.05) is 6.07 Å². The molecule has 0 aliphatic carbocycles. The van der Waals surface area contributed by atoms with E-state index in [4.69, 9.17) is 15.0 Å². The highest BCUT2D eigenvalue weighted by Gasteiger charge is 2.18.